The third-order valence-electron chi connectivity index (χ3n) is 4.12. The molecular formula is C22H24ClN3O5. The van der Waals surface area contributed by atoms with Crippen LogP contribution in [0.5, 0.6) is 11.5 Å². The zero-order valence-corrected chi connectivity index (χ0v) is 18.0. The monoisotopic (exact) mass is 445 g/mol. The van der Waals surface area contributed by atoms with Crippen molar-refractivity contribution in [3.8, 4) is 23.8 Å². The maximum Gasteiger partial charge on any atom is 0.224 e. The van der Waals surface area contributed by atoms with E-state index in [0.717, 1.165) is 16.6 Å². The fourth-order valence-electron chi connectivity index (χ4n) is 2.72. The second kappa shape index (κ2) is 11.9. The molecule has 3 N–H and O–H groups in total. The van der Waals surface area contributed by atoms with Gasteiger partial charge in [-0.1, -0.05) is 12.0 Å². The van der Waals surface area contributed by atoms with Crippen molar-refractivity contribution in [2.24, 2.45) is 0 Å². The van der Waals surface area contributed by atoms with Gasteiger partial charge in [0.1, 0.15) is 19.0 Å². The van der Waals surface area contributed by atoms with E-state index in [1.165, 1.54) is 0 Å². The lowest BCUT2D eigenvalue weighted by atomic mass is 10.2. The zero-order chi connectivity index (χ0) is 21.3. The van der Waals surface area contributed by atoms with E-state index in [1.54, 1.807) is 20.3 Å². The molecule has 0 saturated carbocycles. The normalized spacial score (nSPS) is 10.3. The van der Waals surface area contributed by atoms with Gasteiger partial charge in [-0.25, -0.2) is 4.98 Å². The van der Waals surface area contributed by atoms with E-state index in [9.17, 15) is 0 Å². The summed E-state index contributed by atoms with van der Waals surface area (Å²) in [5, 5.41) is 4.08. The number of rotatable bonds is 10. The first-order valence-electron chi connectivity index (χ1n) is 9.23. The molecule has 0 amide bonds. The average molecular weight is 446 g/mol. The van der Waals surface area contributed by atoms with E-state index >= 15 is 0 Å². The predicted octanol–water partition coefficient (Wildman–Crippen LogP) is 3.23. The molecule has 0 radical (unpaired) electrons. The van der Waals surface area contributed by atoms with Crippen LogP contribution in [0.2, 0.25) is 5.28 Å². The molecule has 0 aliphatic heterocycles. The Labute approximate surface area is 185 Å². The highest BCUT2D eigenvalue weighted by Gasteiger charge is 2.14. The molecule has 1 aromatic heterocycles. The first-order chi connectivity index (χ1) is 14.6. The van der Waals surface area contributed by atoms with Crippen LogP contribution in [0.15, 0.2) is 36.4 Å². The van der Waals surface area contributed by atoms with Gasteiger partial charge < -0.3 is 29.7 Å². The molecule has 0 unspecified atom stereocenters. The number of methoxy groups -OCH3 is 2. The molecular weight excluding hydrogens is 422 g/mol. The molecule has 3 aromatic rings. The quantitative estimate of drug-likeness (QED) is 0.290. The number of ether oxygens (including phenoxy) is 4. The van der Waals surface area contributed by atoms with E-state index < -0.39 is 0 Å². The predicted molar refractivity (Wildman–Crippen MR) is 121 cm³/mol. The lowest BCUT2D eigenvalue weighted by Gasteiger charge is -2.15. The Balaban J connectivity index is 0.00000341. The number of fused-ring (bicyclic) bond motifs is 1. The summed E-state index contributed by atoms with van der Waals surface area (Å²) >= 11 is 6.17. The summed E-state index contributed by atoms with van der Waals surface area (Å²) < 4.78 is 21.8. The number of hydrogen-bond donors (Lipinski definition) is 1. The molecule has 1 heterocycles. The first-order valence-corrected chi connectivity index (χ1v) is 9.61. The number of aromatic nitrogens is 2. The fourth-order valence-corrected chi connectivity index (χ4v) is 2.90. The molecule has 0 spiro atoms. The van der Waals surface area contributed by atoms with Crippen molar-refractivity contribution < 1.29 is 24.4 Å². The van der Waals surface area contributed by atoms with Crippen LogP contribution in [0.25, 0.3) is 10.9 Å². The minimum atomic E-state index is 0. The van der Waals surface area contributed by atoms with Gasteiger partial charge in [0.2, 0.25) is 5.28 Å². The summed E-state index contributed by atoms with van der Waals surface area (Å²) in [6.45, 7) is 1.62. The number of halogens is 1. The van der Waals surface area contributed by atoms with Gasteiger partial charge in [0, 0.05) is 36.9 Å². The number of hydrogen-bond acceptors (Lipinski definition) is 7. The van der Waals surface area contributed by atoms with Crippen molar-refractivity contribution in [2.75, 3.05) is 46.0 Å². The molecule has 8 nitrogen and oxygen atoms in total. The van der Waals surface area contributed by atoms with Crippen LogP contribution in [-0.4, -0.2) is 56.1 Å². The van der Waals surface area contributed by atoms with E-state index in [4.69, 9.17) is 37.0 Å². The van der Waals surface area contributed by atoms with Crippen molar-refractivity contribution in [1.29, 1.82) is 0 Å². The van der Waals surface area contributed by atoms with Crippen molar-refractivity contribution in [2.45, 2.75) is 0 Å². The maximum atomic E-state index is 6.17. The van der Waals surface area contributed by atoms with Gasteiger partial charge in [0.15, 0.2) is 11.5 Å². The summed E-state index contributed by atoms with van der Waals surface area (Å²) in [6.07, 6.45) is 5.50. The van der Waals surface area contributed by atoms with Gasteiger partial charge in [-0.2, -0.15) is 4.98 Å². The van der Waals surface area contributed by atoms with Crippen LogP contribution in [0.3, 0.4) is 0 Å². The highest BCUT2D eigenvalue weighted by Crippen LogP contribution is 2.36. The minimum absolute atomic E-state index is 0. The molecule has 164 valence electrons. The van der Waals surface area contributed by atoms with Gasteiger partial charge in [0.05, 0.1) is 18.7 Å². The van der Waals surface area contributed by atoms with Gasteiger partial charge >= 0.3 is 0 Å². The Morgan fingerprint density at radius 1 is 0.968 bits per heavy atom. The van der Waals surface area contributed by atoms with Crippen LogP contribution in [0.1, 0.15) is 5.56 Å². The van der Waals surface area contributed by atoms with E-state index in [0.29, 0.717) is 49.3 Å². The van der Waals surface area contributed by atoms with Crippen LogP contribution >= 0.6 is 11.6 Å². The second-order valence-electron chi connectivity index (χ2n) is 6.19. The summed E-state index contributed by atoms with van der Waals surface area (Å²) in [5.74, 6) is 4.22. The average Bonchev–Trinajstić information content (AvgIpc) is 2.74. The van der Waals surface area contributed by atoms with Crippen molar-refractivity contribution in [3.05, 3.63) is 47.2 Å². The first kappa shape index (κ1) is 24.2. The SMILES string of the molecule is C#Cc1cccc(Nc2nc(Cl)nc3cc(OCCOC)c(OCCOC)cc23)c1.O. The van der Waals surface area contributed by atoms with E-state index in [1.807, 2.05) is 30.3 Å². The second-order valence-corrected chi connectivity index (χ2v) is 6.53. The Morgan fingerprint density at radius 2 is 1.65 bits per heavy atom. The summed E-state index contributed by atoms with van der Waals surface area (Å²) in [6, 6.07) is 11.0. The van der Waals surface area contributed by atoms with Crippen molar-refractivity contribution in [3.63, 3.8) is 0 Å². The molecule has 0 saturated heterocycles. The number of benzene rings is 2. The van der Waals surface area contributed by atoms with E-state index in [2.05, 4.69) is 21.2 Å². The number of nitrogens with zero attached hydrogens (tertiary/aromatic N) is 2. The van der Waals surface area contributed by atoms with Gasteiger partial charge in [-0.05, 0) is 35.9 Å². The van der Waals surface area contributed by atoms with E-state index in [-0.39, 0.29) is 10.8 Å². The largest absolute Gasteiger partial charge is 0.487 e. The molecule has 0 aliphatic rings. The van der Waals surface area contributed by atoms with Crippen molar-refractivity contribution in [1.82, 2.24) is 9.97 Å². The molecule has 0 aliphatic carbocycles. The number of nitrogens with one attached hydrogen (secondary N) is 1. The highest BCUT2D eigenvalue weighted by atomic mass is 35.5. The van der Waals surface area contributed by atoms with Gasteiger partial charge in [0.25, 0.3) is 0 Å². The zero-order valence-electron chi connectivity index (χ0n) is 17.3. The molecule has 0 fully saturated rings. The standard InChI is InChI=1S/C22H22ClN3O4.H2O/c1-4-15-6-5-7-16(12-15)24-21-17-13-19(29-10-8-27-2)20(30-11-9-28-3)14-18(17)25-22(23)26-21;/h1,5-7,12-14H,8-11H2,2-3H3,(H,24,25,26);1H2. The lowest BCUT2D eigenvalue weighted by molar-refractivity contribution is 0.132. The third kappa shape index (κ3) is 6.44. The third-order valence-corrected chi connectivity index (χ3v) is 4.28. The Hall–Kier alpha value is -3.09. The molecule has 2 aromatic carbocycles. The minimum Gasteiger partial charge on any atom is -0.487 e. The Kier molecular flexibility index (Phi) is 9.31. The fraction of sp³-hybridized carbons (Fsp3) is 0.273. The Morgan fingerprint density at radius 3 is 2.29 bits per heavy atom. The van der Waals surface area contributed by atoms with Gasteiger partial charge in [-0.15, -0.1) is 6.42 Å². The molecule has 9 heteroatoms. The summed E-state index contributed by atoms with van der Waals surface area (Å²) in [7, 11) is 3.22. The lowest BCUT2D eigenvalue weighted by Crippen LogP contribution is -2.09. The highest BCUT2D eigenvalue weighted by molar-refractivity contribution is 6.28. The van der Waals surface area contributed by atoms with Crippen molar-refractivity contribution >= 4 is 34.0 Å². The molecule has 0 atom stereocenters. The Bertz CT molecular complexity index is 1060. The smallest absolute Gasteiger partial charge is 0.224 e. The van der Waals surface area contributed by atoms with Crippen LogP contribution in [-0.2, 0) is 9.47 Å². The maximum absolute atomic E-state index is 6.17. The molecule has 0 bridgehead atoms. The molecule has 31 heavy (non-hydrogen) atoms. The number of anilines is 2. The van der Waals surface area contributed by atoms with Crippen LogP contribution < -0.4 is 14.8 Å². The number of terminal acetylenes is 1. The van der Waals surface area contributed by atoms with Gasteiger partial charge in [-0.3, -0.25) is 0 Å². The van der Waals surface area contributed by atoms with Crippen LogP contribution in [0.4, 0.5) is 11.5 Å². The topological polar surface area (TPSA) is 106 Å². The summed E-state index contributed by atoms with van der Waals surface area (Å²) in [5.41, 5.74) is 2.14. The van der Waals surface area contributed by atoms with Crippen LogP contribution in [0, 0.1) is 12.3 Å². The summed E-state index contributed by atoms with van der Waals surface area (Å²) in [4.78, 5) is 8.67. The molecule has 3 rings (SSSR count).